The van der Waals surface area contributed by atoms with Crippen molar-refractivity contribution in [2.45, 2.75) is 67.3 Å². The lowest BCUT2D eigenvalue weighted by Gasteiger charge is -2.36. The molecule has 1 aliphatic heterocycles. The van der Waals surface area contributed by atoms with Crippen molar-refractivity contribution in [2.75, 3.05) is 20.7 Å². The maximum absolute atomic E-state index is 13.7. The summed E-state index contributed by atoms with van der Waals surface area (Å²) in [7, 11) is -3.94. The summed E-state index contributed by atoms with van der Waals surface area (Å²) in [6.45, 7) is 5.12. The summed E-state index contributed by atoms with van der Waals surface area (Å²) in [6.07, 6.45) is 8.60. The maximum atomic E-state index is 13.7. The van der Waals surface area contributed by atoms with E-state index in [0.29, 0.717) is 5.52 Å². The molecule has 1 N–H and O–H groups in total. The SMILES string of the molecule is CN(C)S(=N)(=O)c1ccc(S(=O)(=O)n2cc(C3CCC4(CC3)COC(C)(C)C4)c3ncccc32)cc1. The molecule has 0 bridgehead atoms. The van der Waals surface area contributed by atoms with E-state index in [1.807, 2.05) is 0 Å². The summed E-state index contributed by atoms with van der Waals surface area (Å²) in [6, 6.07) is 9.31. The van der Waals surface area contributed by atoms with Crippen molar-refractivity contribution in [1.82, 2.24) is 13.3 Å². The summed E-state index contributed by atoms with van der Waals surface area (Å²) < 4.78 is 56.8. The molecule has 8 nitrogen and oxygen atoms in total. The van der Waals surface area contributed by atoms with Crippen LogP contribution in [0.15, 0.2) is 58.6 Å². The predicted molar refractivity (Wildman–Crippen MR) is 140 cm³/mol. The molecule has 3 aromatic rings. The second-order valence-electron chi connectivity index (χ2n) is 11.1. The predicted octanol–water partition coefficient (Wildman–Crippen LogP) is 5.00. The number of aromatic nitrogens is 2. The molecule has 10 heteroatoms. The lowest BCUT2D eigenvalue weighted by atomic mass is 9.67. The third kappa shape index (κ3) is 4.27. The molecule has 1 aliphatic carbocycles. The van der Waals surface area contributed by atoms with Crippen LogP contribution < -0.4 is 0 Å². The van der Waals surface area contributed by atoms with E-state index in [0.717, 1.165) is 49.8 Å². The fourth-order valence-electron chi connectivity index (χ4n) is 5.89. The number of nitrogens with zero attached hydrogens (tertiary/aromatic N) is 3. The Morgan fingerprint density at radius 3 is 2.28 bits per heavy atom. The highest BCUT2D eigenvalue weighted by Crippen LogP contribution is 2.52. The number of fused-ring (bicyclic) bond motifs is 1. The highest BCUT2D eigenvalue weighted by atomic mass is 32.2. The number of pyridine rings is 1. The quantitative estimate of drug-likeness (QED) is 0.500. The van der Waals surface area contributed by atoms with Crippen LogP contribution in [0.1, 0.15) is 57.4 Å². The van der Waals surface area contributed by atoms with Crippen LogP contribution in [0.4, 0.5) is 0 Å². The first-order valence-corrected chi connectivity index (χ1v) is 15.2. The van der Waals surface area contributed by atoms with Gasteiger partial charge in [-0.3, -0.25) is 4.98 Å². The zero-order chi connectivity index (χ0) is 25.9. The van der Waals surface area contributed by atoms with E-state index in [2.05, 4.69) is 18.8 Å². The molecule has 1 atom stereocenters. The Labute approximate surface area is 213 Å². The lowest BCUT2D eigenvalue weighted by molar-refractivity contribution is 0.0281. The van der Waals surface area contributed by atoms with Gasteiger partial charge in [0.25, 0.3) is 10.0 Å². The largest absolute Gasteiger partial charge is 0.375 e. The first-order valence-electron chi connectivity index (χ1n) is 12.3. The summed E-state index contributed by atoms with van der Waals surface area (Å²) in [5.74, 6) is 0.239. The van der Waals surface area contributed by atoms with Gasteiger partial charge in [0.05, 0.1) is 33.0 Å². The number of nitrogens with one attached hydrogen (secondary N) is 1. The fraction of sp³-hybridized carbons (Fsp3) is 0.500. The fourth-order valence-corrected chi connectivity index (χ4v) is 8.18. The number of ether oxygens (including phenoxy) is 1. The van der Waals surface area contributed by atoms with Crippen LogP contribution in [-0.2, 0) is 24.7 Å². The molecule has 194 valence electrons. The average Bonchev–Trinajstić information content (AvgIpc) is 3.37. The van der Waals surface area contributed by atoms with Crippen molar-refractivity contribution in [3.63, 3.8) is 0 Å². The highest BCUT2D eigenvalue weighted by Gasteiger charge is 2.46. The molecular weight excluding hydrogens is 496 g/mol. The van der Waals surface area contributed by atoms with Gasteiger partial charge in [-0.05, 0) is 93.7 Å². The van der Waals surface area contributed by atoms with Gasteiger partial charge < -0.3 is 4.74 Å². The van der Waals surface area contributed by atoms with Crippen molar-refractivity contribution in [3.05, 3.63) is 54.4 Å². The van der Waals surface area contributed by atoms with Crippen LogP contribution in [0.2, 0.25) is 0 Å². The molecule has 2 aromatic heterocycles. The van der Waals surface area contributed by atoms with Crippen LogP contribution in [0.5, 0.6) is 0 Å². The maximum Gasteiger partial charge on any atom is 0.268 e. The molecular formula is C26H34N4O4S2. The highest BCUT2D eigenvalue weighted by molar-refractivity contribution is 7.90. The van der Waals surface area contributed by atoms with Gasteiger partial charge in [-0.25, -0.2) is 25.7 Å². The van der Waals surface area contributed by atoms with Gasteiger partial charge in [0.1, 0.15) is 9.92 Å². The van der Waals surface area contributed by atoms with Gasteiger partial charge in [0, 0.05) is 32.1 Å². The summed E-state index contributed by atoms with van der Waals surface area (Å²) in [5, 5.41) is 0. The van der Waals surface area contributed by atoms with E-state index in [1.165, 1.54) is 32.5 Å². The molecule has 0 radical (unpaired) electrons. The molecule has 0 amide bonds. The Morgan fingerprint density at radius 1 is 1.06 bits per heavy atom. The van der Waals surface area contributed by atoms with E-state index in [-0.39, 0.29) is 26.7 Å². The molecule has 1 aromatic carbocycles. The summed E-state index contributed by atoms with van der Waals surface area (Å²) in [4.78, 5) is 4.93. The van der Waals surface area contributed by atoms with Crippen LogP contribution in [0, 0.1) is 10.2 Å². The molecule has 2 aliphatic rings. The second kappa shape index (κ2) is 8.65. The molecule has 1 saturated heterocycles. The van der Waals surface area contributed by atoms with Crippen LogP contribution in [0.3, 0.4) is 0 Å². The summed E-state index contributed by atoms with van der Waals surface area (Å²) >= 11 is 0. The third-order valence-electron chi connectivity index (χ3n) is 7.82. The first-order chi connectivity index (χ1) is 16.8. The Bertz CT molecular complexity index is 1500. The first kappa shape index (κ1) is 25.4. The molecule has 5 rings (SSSR count). The molecule has 1 unspecified atom stereocenters. The number of benzene rings is 1. The smallest absolute Gasteiger partial charge is 0.268 e. The molecule has 36 heavy (non-hydrogen) atoms. The van der Waals surface area contributed by atoms with Crippen LogP contribution in [0.25, 0.3) is 11.0 Å². The molecule has 2 fully saturated rings. The monoisotopic (exact) mass is 530 g/mol. The Hall–Kier alpha value is -2.27. The van der Waals surface area contributed by atoms with Crippen molar-refractivity contribution < 1.29 is 17.4 Å². The van der Waals surface area contributed by atoms with Gasteiger partial charge in [-0.15, -0.1) is 0 Å². The van der Waals surface area contributed by atoms with Gasteiger partial charge >= 0.3 is 0 Å². The molecule has 3 heterocycles. The van der Waals surface area contributed by atoms with E-state index in [1.54, 1.807) is 38.6 Å². The van der Waals surface area contributed by atoms with Crippen molar-refractivity contribution in [1.29, 1.82) is 4.78 Å². The zero-order valence-electron chi connectivity index (χ0n) is 21.2. The topological polar surface area (TPSA) is 105 Å². The molecule has 1 spiro atoms. The van der Waals surface area contributed by atoms with Crippen LogP contribution in [-0.4, -0.2) is 52.2 Å². The minimum Gasteiger partial charge on any atom is -0.375 e. The molecule has 1 saturated carbocycles. The number of rotatable bonds is 5. The normalized spacial score (nSPS) is 26.0. The van der Waals surface area contributed by atoms with Gasteiger partial charge in [-0.2, -0.15) is 0 Å². The Balaban J connectivity index is 1.48. The standard InChI is InChI=1S/C26H34N4O4S2/c1-25(2)17-26(18-34-25)13-11-19(12-14-26)22-16-30(23-6-5-15-28-24(22)23)36(32,33)21-9-7-20(8-10-21)35(27,31)29(3)4/h5-10,15-16,19,27H,11-14,17-18H2,1-4H3. The van der Waals surface area contributed by atoms with Crippen molar-refractivity contribution in [2.24, 2.45) is 5.41 Å². The average molecular weight is 531 g/mol. The third-order valence-corrected chi connectivity index (χ3v) is 11.5. The lowest BCUT2D eigenvalue weighted by Crippen LogP contribution is -2.28. The van der Waals surface area contributed by atoms with E-state index >= 15 is 0 Å². The van der Waals surface area contributed by atoms with E-state index in [4.69, 9.17) is 9.52 Å². The van der Waals surface area contributed by atoms with Crippen molar-refractivity contribution >= 4 is 31.0 Å². The minimum atomic E-state index is -3.91. The van der Waals surface area contributed by atoms with Gasteiger partial charge in [0.2, 0.25) is 0 Å². The zero-order valence-corrected chi connectivity index (χ0v) is 22.9. The summed E-state index contributed by atoms with van der Waals surface area (Å²) in [5.41, 5.74) is 2.40. The number of hydrogen-bond acceptors (Lipinski definition) is 6. The number of hydrogen-bond donors (Lipinski definition) is 1. The van der Waals surface area contributed by atoms with Gasteiger partial charge in [0.15, 0.2) is 0 Å². The Morgan fingerprint density at radius 2 is 1.69 bits per heavy atom. The van der Waals surface area contributed by atoms with E-state index < -0.39 is 19.9 Å². The van der Waals surface area contributed by atoms with Gasteiger partial charge in [-0.1, -0.05) is 0 Å². The minimum absolute atomic E-state index is 0.0756. The van der Waals surface area contributed by atoms with E-state index in [9.17, 15) is 12.6 Å². The van der Waals surface area contributed by atoms with Crippen molar-refractivity contribution in [3.8, 4) is 0 Å². The van der Waals surface area contributed by atoms with Crippen LogP contribution >= 0.6 is 0 Å². The Kier molecular flexibility index (Phi) is 6.10. The second-order valence-corrected chi connectivity index (χ2v) is 15.1.